The van der Waals surface area contributed by atoms with E-state index in [2.05, 4.69) is 30.9 Å². The molecule has 0 nitrogen and oxygen atoms in total. The van der Waals surface area contributed by atoms with Crippen molar-refractivity contribution < 1.29 is 0 Å². The van der Waals surface area contributed by atoms with Crippen LogP contribution in [0.5, 0.6) is 0 Å². The van der Waals surface area contributed by atoms with Gasteiger partial charge in [0.1, 0.15) is 0 Å². The third-order valence-corrected chi connectivity index (χ3v) is 1.32. The zero-order valence-electron chi connectivity index (χ0n) is 5.86. The molecule has 0 heteroatoms. The predicted octanol–water partition coefficient (Wildman–Crippen LogP) is 2.29. The average molecular weight is 118 g/mol. The largest absolute Gasteiger partial charge is 0.102 e. The van der Waals surface area contributed by atoms with E-state index in [0.29, 0.717) is 0 Å². The van der Waals surface area contributed by atoms with Crippen molar-refractivity contribution in [2.24, 2.45) is 0 Å². The maximum absolute atomic E-state index is 3.03. The molecule has 0 radical (unpaired) electrons. The molecular weight excluding hydrogens is 108 g/mol. The van der Waals surface area contributed by atoms with Gasteiger partial charge in [-0.15, -0.1) is 5.92 Å². The van der Waals surface area contributed by atoms with Gasteiger partial charge in [-0.25, -0.2) is 0 Å². The van der Waals surface area contributed by atoms with Gasteiger partial charge in [0.05, 0.1) is 0 Å². The molecule has 0 aromatic heterocycles. The fraction of sp³-hybridized carbons (Fsp3) is 0.333. The Kier molecular flexibility index (Phi) is 1.75. The van der Waals surface area contributed by atoms with E-state index in [4.69, 9.17) is 0 Å². The van der Waals surface area contributed by atoms with Crippen LogP contribution in [0, 0.1) is 11.8 Å². The van der Waals surface area contributed by atoms with E-state index >= 15 is 0 Å². The van der Waals surface area contributed by atoms with Gasteiger partial charge in [-0.2, -0.15) is 0 Å². The first-order valence-corrected chi connectivity index (χ1v) is 3.12. The molecule has 1 rings (SSSR count). The van der Waals surface area contributed by atoms with Gasteiger partial charge in [0, 0.05) is 12.0 Å². The van der Waals surface area contributed by atoms with Crippen molar-refractivity contribution >= 4 is 0 Å². The van der Waals surface area contributed by atoms with E-state index < -0.39 is 0 Å². The summed E-state index contributed by atoms with van der Waals surface area (Å²) in [5, 5.41) is 0. The Balaban J connectivity index is 2.61. The van der Waals surface area contributed by atoms with Crippen molar-refractivity contribution in [3.8, 4) is 11.8 Å². The summed E-state index contributed by atoms with van der Waals surface area (Å²) < 4.78 is 0. The van der Waals surface area contributed by atoms with E-state index in [1.165, 1.54) is 11.1 Å². The van der Waals surface area contributed by atoms with E-state index in [1.54, 1.807) is 0 Å². The third-order valence-electron chi connectivity index (χ3n) is 1.32. The lowest BCUT2D eigenvalue weighted by Crippen LogP contribution is -1.72. The number of hydrogen-bond donors (Lipinski definition) is 0. The highest BCUT2D eigenvalue weighted by Crippen LogP contribution is 2.16. The molecular formula is C9H10. The van der Waals surface area contributed by atoms with Gasteiger partial charge < -0.3 is 0 Å². The van der Waals surface area contributed by atoms with Gasteiger partial charge >= 0.3 is 0 Å². The van der Waals surface area contributed by atoms with Crippen LogP contribution in [0.3, 0.4) is 0 Å². The van der Waals surface area contributed by atoms with Gasteiger partial charge in [-0.3, -0.25) is 0 Å². The Morgan fingerprint density at radius 2 is 2.22 bits per heavy atom. The number of allylic oxidation sites excluding steroid dienone is 4. The summed E-state index contributed by atoms with van der Waals surface area (Å²) >= 11 is 0. The summed E-state index contributed by atoms with van der Waals surface area (Å²) in [5.41, 5.74) is 2.66. The fourth-order valence-electron chi connectivity index (χ4n) is 0.908. The minimum Gasteiger partial charge on any atom is -0.102 e. The molecule has 46 valence electrons. The number of hydrogen-bond acceptors (Lipinski definition) is 0. The highest BCUT2D eigenvalue weighted by molar-refractivity contribution is 5.40. The molecule has 0 fully saturated rings. The molecule has 0 saturated carbocycles. The molecule has 0 amide bonds. The molecule has 9 heavy (non-hydrogen) atoms. The standard InChI is InChI=1S/C9H10/c1-3-4-9-6-5-8(2)7-9/h5-6H,7H2,1-2H3. The molecule has 0 atom stereocenters. The van der Waals surface area contributed by atoms with Crippen molar-refractivity contribution in [1.29, 1.82) is 0 Å². The van der Waals surface area contributed by atoms with Crippen LogP contribution >= 0.6 is 0 Å². The molecule has 0 bridgehead atoms. The van der Waals surface area contributed by atoms with Crippen molar-refractivity contribution in [3.05, 3.63) is 23.3 Å². The molecule has 1 aliphatic rings. The highest BCUT2D eigenvalue weighted by Gasteiger charge is 1.99. The van der Waals surface area contributed by atoms with Crippen LogP contribution in [0.2, 0.25) is 0 Å². The normalized spacial score (nSPS) is 15.8. The van der Waals surface area contributed by atoms with Gasteiger partial charge in [0.15, 0.2) is 0 Å². The lowest BCUT2D eigenvalue weighted by atomic mass is 10.2. The Hall–Kier alpha value is -0.960. The lowest BCUT2D eigenvalue weighted by Gasteiger charge is -1.87. The molecule has 0 saturated heterocycles. The van der Waals surface area contributed by atoms with E-state index in [-0.39, 0.29) is 0 Å². The smallest absolute Gasteiger partial charge is 0.00606 e. The van der Waals surface area contributed by atoms with Crippen molar-refractivity contribution in [2.75, 3.05) is 0 Å². The van der Waals surface area contributed by atoms with Gasteiger partial charge in [-0.1, -0.05) is 23.6 Å². The minimum absolute atomic E-state index is 1.06. The van der Waals surface area contributed by atoms with Crippen LogP contribution in [0.15, 0.2) is 23.3 Å². The summed E-state index contributed by atoms with van der Waals surface area (Å²) in [6, 6.07) is 0. The molecule has 0 aromatic rings. The zero-order valence-corrected chi connectivity index (χ0v) is 5.86. The topological polar surface area (TPSA) is 0 Å². The van der Waals surface area contributed by atoms with Crippen LogP contribution < -0.4 is 0 Å². The summed E-state index contributed by atoms with van der Waals surface area (Å²) in [6.07, 6.45) is 5.27. The summed E-state index contributed by atoms with van der Waals surface area (Å²) in [4.78, 5) is 0. The maximum Gasteiger partial charge on any atom is 0.00606 e. The van der Waals surface area contributed by atoms with E-state index in [1.807, 2.05) is 6.92 Å². The molecule has 0 aliphatic heterocycles. The quantitative estimate of drug-likeness (QED) is 0.428. The first kappa shape index (κ1) is 6.16. The molecule has 0 spiro atoms. The van der Waals surface area contributed by atoms with E-state index in [0.717, 1.165) is 6.42 Å². The van der Waals surface area contributed by atoms with Gasteiger partial charge in [0.25, 0.3) is 0 Å². The predicted molar refractivity (Wildman–Crippen MR) is 39.9 cm³/mol. The molecule has 0 unspecified atom stereocenters. The fourth-order valence-corrected chi connectivity index (χ4v) is 0.908. The first-order valence-electron chi connectivity index (χ1n) is 3.12. The van der Waals surface area contributed by atoms with Crippen LogP contribution in [0.4, 0.5) is 0 Å². The van der Waals surface area contributed by atoms with Crippen LogP contribution in [-0.2, 0) is 0 Å². The van der Waals surface area contributed by atoms with Crippen LogP contribution in [0.25, 0.3) is 0 Å². The third kappa shape index (κ3) is 1.47. The van der Waals surface area contributed by atoms with Gasteiger partial charge in [0.2, 0.25) is 0 Å². The van der Waals surface area contributed by atoms with Crippen molar-refractivity contribution in [3.63, 3.8) is 0 Å². The second kappa shape index (κ2) is 2.55. The Morgan fingerprint density at radius 1 is 1.44 bits per heavy atom. The van der Waals surface area contributed by atoms with Crippen molar-refractivity contribution in [2.45, 2.75) is 20.3 Å². The minimum atomic E-state index is 1.06. The second-order valence-electron chi connectivity index (χ2n) is 2.26. The monoisotopic (exact) mass is 118 g/mol. The lowest BCUT2D eigenvalue weighted by molar-refractivity contribution is 1.21. The summed E-state index contributed by atoms with van der Waals surface area (Å²) in [7, 11) is 0. The average Bonchev–Trinajstić information content (AvgIpc) is 2.17. The SMILES string of the molecule is CC#CC1=CC=C(C)C1. The second-order valence-corrected chi connectivity index (χ2v) is 2.26. The Labute approximate surface area is 56.3 Å². The summed E-state index contributed by atoms with van der Waals surface area (Å²) in [6.45, 7) is 4.00. The maximum atomic E-state index is 3.03. The summed E-state index contributed by atoms with van der Waals surface area (Å²) in [5.74, 6) is 5.91. The molecule has 0 aromatic carbocycles. The molecule has 1 aliphatic carbocycles. The van der Waals surface area contributed by atoms with Crippen LogP contribution in [0.1, 0.15) is 20.3 Å². The first-order chi connectivity index (χ1) is 4.33. The van der Waals surface area contributed by atoms with E-state index in [9.17, 15) is 0 Å². The highest BCUT2D eigenvalue weighted by atomic mass is 14.0. The van der Waals surface area contributed by atoms with Crippen molar-refractivity contribution in [1.82, 2.24) is 0 Å². The molecule has 0 heterocycles. The zero-order chi connectivity index (χ0) is 6.69. The molecule has 0 N–H and O–H groups in total. The Bertz CT molecular complexity index is 218. The number of rotatable bonds is 0. The Morgan fingerprint density at radius 3 is 2.67 bits per heavy atom. The van der Waals surface area contributed by atoms with Gasteiger partial charge in [-0.05, 0) is 13.8 Å². The van der Waals surface area contributed by atoms with Crippen LogP contribution in [-0.4, -0.2) is 0 Å².